The van der Waals surface area contributed by atoms with Crippen molar-refractivity contribution < 1.29 is 8.91 Å². The van der Waals surface area contributed by atoms with Crippen LogP contribution in [-0.4, -0.2) is 19.7 Å². The lowest BCUT2D eigenvalue weighted by molar-refractivity contribution is 0.391. The van der Waals surface area contributed by atoms with Gasteiger partial charge < -0.3 is 4.52 Å². The van der Waals surface area contributed by atoms with Crippen molar-refractivity contribution in [3.05, 3.63) is 106 Å². The van der Waals surface area contributed by atoms with Crippen molar-refractivity contribution in [2.24, 2.45) is 0 Å². The first kappa shape index (κ1) is 21.1. The van der Waals surface area contributed by atoms with Gasteiger partial charge in [-0.25, -0.2) is 9.37 Å². The van der Waals surface area contributed by atoms with Gasteiger partial charge in [0.25, 0.3) is 5.56 Å². The van der Waals surface area contributed by atoms with Crippen LogP contribution in [0.3, 0.4) is 0 Å². The third-order valence-electron chi connectivity index (χ3n) is 5.26. The van der Waals surface area contributed by atoms with Gasteiger partial charge in [0, 0.05) is 5.56 Å². The molecule has 164 valence electrons. The molecule has 0 aliphatic carbocycles. The molecule has 5 rings (SSSR count). The minimum Gasteiger partial charge on any atom is -0.338 e. The summed E-state index contributed by atoms with van der Waals surface area (Å²) in [6.45, 7) is 2.27. The molecule has 0 saturated heterocycles. The van der Waals surface area contributed by atoms with Crippen molar-refractivity contribution in [3.8, 4) is 11.4 Å². The molecule has 33 heavy (non-hydrogen) atoms. The van der Waals surface area contributed by atoms with Crippen molar-refractivity contribution in [3.63, 3.8) is 0 Å². The first-order valence-electron chi connectivity index (χ1n) is 10.3. The molecule has 6 nitrogen and oxygen atoms in total. The van der Waals surface area contributed by atoms with E-state index >= 15 is 0 Å². The molecule has 0 bridgehead atoms. The molecule has 0 saturated carbocycles. The Morgan fingerprint density at radius 2 is 1.73 bits per heavy atom. The Labute approximate surface area is 193 Å². The van der Waals surface area contributed by atoms with Gasteiger partial charge in [0.2, 0.25) is 11.7 Å². The number of fused-ring (bicyclic) bond motifs is 1. The van der Waals surface area contributed by atoms with Crippen LogP contribution in [0.15, 0.2) is 87.3 Å². The highest BCUT2D eigenvalue weighted by atomic mass is 32.2. The molecule has 0 fully saturated rings. The predicted molar refractivity (Wildman–Crippen MR) is 126 cm³/mol. The van der Waals surface area contributed by atoms with Crippen LogP contribution in [-0.2, 0) is 12.3 Å². The largest absolute Gasteiger partial charge is 0.338 e. The predicted octanol–water partition coefficient (Wildman–Crippen LogP) is 5.23. The van der Waals surface area contributed by atoms with Crippen LogP contribution >= 0.6 is 11.8 Å². The first-order chi connectivity index (χ1) is 16.1. The van der Waals surface area contributed by atoms with E-state index in [4.69, 9.17) is 9.51 Å². The van der Waals surface area contributed by atoms with E-state index in [2.05, 4.69) is 10.1 Å². The number of thioether (sulfide) groups is 1. The molecule has 0 unspecified atom stereocenters. The smallest absolute Gasteiger partial charge is 0.262 e. The zero-order chi connectivity index (χ0) is 22.8. The molecule has 0 spiro atoms. The number of hydrogen-bond acceptors (Lipinski definition) is 6. The van der Waals surface area contributed by atoms with E-state index in [0.29, 0.717) is 33.5 Å². The van der Waals surface area contributed by atoms with Crippen LogP contribution in [0.2, 0.25) is 0 Å². The van der Waals surface area contributed by atoms with Crippen molar-refractivity contribution in [2.45, 2.75) is 24.4 Å². The first-order valence-corrected chi connectivity index (χ1v) is 11.3. The monoisotopic (exact) mass is 458 g/mol. The van der Waals surface area contributed by atoms with Gasteiger partial charge in [-0.05, 0) is 42.3 Å². The fourth-order valence-corrected chi connectivity index (χ4v) is 4.38. The molecule has 0 amide bonds. The number of aryl methyl sites for hydroxylation is 1. The van der Waals surface area contributed by atoms with Crippen molar-refractivity contribution >= 4 is 22.7 Å². The van der Waals surface area contributed by atoms with Gasteiger partial charge >= 0.3 is 0 Å². The summed E-state index contributed by atoms with van der Waals surface area (Å²) >= 11 is 1.35. The van der Waals surface area contributed by atoms with Crippen LogP contribution in [0.5, 0.6) is 0 Å². The SMILES string of the molecule is Cc1ccccc1-c1noc(CSc2nc3ccccc3c(=O)n2Cc2ccc(F)cc2)n1. The van der Waals surface area contributed by atoms with Gasteiger partial charge in [-0.3, -0.25) is 9.36 Å². The molecule has 0 atom stereocenters. The van der Waals surface area contributed by atoms with E-state index in [1.165, 1.54) is 23.9 Å². The van der Waals surface area contributed by atoms with Crippen LogP contribution in [0.25, 0.3) is 22.3 Å². The number of nitrogens with zero attached hydrogens (tertiary/aromatic N) is 4. The number of para-hydroxylation sites is 1. The Morgan fingerprint density at radius 1 is 0.970 bits per heavy atom. The second-order valence-electron chi connectivity index (χ2n) is 7.54. The molecular formula is C25H19FN4O2S. The molecule has 0 radical (unpaired) electrons. The Bertz CT molecular complexity index is 1490. The average molecular weight is 459 g/mol. The summed E-state index contributed by atoms with van der Waals surface area (Å²) in [5, 5.41) is 5.16. The third-order valence-corrected chi connectivity index (χ3v) is 6.22. The molecule has 5 aromatic rings. The van der Waals surface area contributed by atoms with Crippen molar-refractivity contribution in [2.75, 3.05) is 0 Å². The summed E-state index contributed by atoms with van der Waals surface area (Å²) in [6, 6.07) is 21.2. The van der Waals surface area contributed by atoms with Gasteiger partial charge in [-0.15, -0.1) is 0 Å². The lowest BCUT2D eigenvalue weighted by atomic mass is 10.1. The molecule has 0 N–H and O–H groups in total. The Morgan fingerprint density at radius 3 is 2.55 bits per heavy atom. The summed E-state index contributed by atoms with van der Waals surface area (Å²) in [7, 11) is 0. The Balaban J connectivity index is 1.46. The molecule has 3 aromatic carbocycles. The maximum atomic E-state index is 13.3. The highest BCUT2D eigenvalue weighted by Crippen LogP contribution is 2.25. The van der Waals surface area contributed by atoms with Gasteiger partial charge in [-0.1, -0.05) is 65.4 Å². The van der Waals surface area contributed by atoms with E-state index in [1.54, 1.807) is 22.8 Å². The summed E-state index contributed by atoms with van der Waals surface area (Å²) in [5.41, 5.74) is 3.23. The standard InChI is InChI=1S/C25H19FN4O2S/c1-16-6-2-3-7-19(16)23-28-22(32-29-23)15-33-25-27-21-9-5-4-8-20(21)24(31)30(25)14-17-10-12-18(26)13-11-17/h2-13H,14-15H2,1H3. The number of benzene rings is 3. The zero-order valence-corrected chi connectivity index (χ0v) is 18.6. The summed E-state index contributed by atoms with van der Waals surface area (Å²) in [6.07, 6.45) is 0. The molecule has 2 heterocycles. The summed E-state index contributed by atoms with van der Waals surface area (Å²) in [4.78, 5) is 22.5. The quantitative estimate of drug-likeness (QED) is 0.256. The van der Waals surface area contributed by atoms with Gasteiger partial charge in [0.15, 0.2) is 5.16 Å². The lowest BCUT2D eigenvalue weighted by Gasteiger charge is -2.12. The van der Waals surface area contributed by atoms with E-state index < -0.39 is 0 Å². The molecule has 0 aliphatic heterocycles. The minimum absolute atomic E-state index is 0.154. The maximum Gasteiger partial charge on any atom is 0.262 e. The van der Waals surface area contributed by atoms with Gasteiger partial charge in [0.1, 0.15) is 5.82 Å². The zero-order valence-electron chi connectivity index (χ0n) is 17.7. The van der Waals surface area contributed by atoms with Crippen molar-refractivity contribution in [1.29, 1.82) is 0 Å². The molecule has 0 aliphatic rings. The lowest BCUT2D eigenvalue weighted by Crippen LogP contribution is -2.24. The van der Waals surface area contributed by atoms with Crippen LogP contribution in [0.4, 0.5) is 4.39 Å². The average Bonchev–Trinajstić information content (AvgIpc) is 3.30. The van der Waals surface area contributed by atoms with Gasteiger partial charge in [-0.2, -0.15) is 4.98 Å². The Hall–Kier alpha value is -3.78. The number of aromatic nitrogens is 4. The molecular weight excluding hydrogens is 439 g/mol. The summed E-state index contributed by atoms with van der Waals surface area (Å²) < 4.78 is 20.4. The second kappa shape index (κ2) is 8.99. The minimum atomic E-state index is -0.321. The second-order valence-corrected chi connectivity index (χ2v) is 8.49. The van der Waals surface area contributed by atoms with E-state index in [0.717, 1.165) is 16.7 Å². The van der Waals surface area contributed by atoms with E-state index in [1.807, 2.05) is 49.4 Å². The van der Waals surface area contributed by atoms with E-state index in [-0.39, 0.29) is 17.9 Å². The van der Waals surface area contributed by atoms with Crippen molar-refractivity contribution in [1.82, 2.24) is 19.7 Å². The highest BCUT2D eigenvalue weighted by Gasteiger charge is 2.15. The summed E-state index contributed by atoms with van der Waals surface area (Å²) in [5.74, 6) is 0.999. The van der Waals surface area contributed by atoms with Crippen LogP contribution in [0.1, 0.15) is 17.0 Å². The maximum absolute atomic E-state index is 13.3. The number of halogens is 1. The highest BCUT2D eigenvalue weighted by molar-refractivity contribution is 7.98. The van der Waals surface area contributed by atoms with Gasteiger partial charge in [0.05, 0.1) is 23.2 Å². The fraction of sp³-hybridized carbons (Fsp3) is 0.120. The molecule has 2 aromatic heterocycles. The van der Waals surface area contributed by atoms with Crippen LogP contribution < -0.4 is 5.56 Å². The normalized spacial score (nSPS) is 11.2. The molecule has 8 heteroatoms. The topological polar surface area (TPSA) is 73.8 Å². The number of rotatable bonds is 6. The number of hydrogen-bond donors (Lipinski definition) is 0. The van der Waals surface area contributed by atoms with Crippen LogP contribution in [0, 0.1) is 12.7 Å². The Kier molecular flexibility index (Phi) is 5.75. The fourth-order valence-electron chi connectivity index (χ4n) is 3.54. The third kappa shape index (κ3) is 4.42. The van der Waals surface area contributed by atoms with E-state index in [9.17, 15) is 9.18 Å².